The number of benzene rings is 1. The van der Waals surface area contributed by atoms with Gasteiger partial charge in [-0.05, 0) is 27.1 Å². The number of carbonyl (C=O) groups is 1. The van der Waals surface area contributed by atoms with Crippen molar-refractivity contribution in [2.24, 2.45) is 5.73 Å². The summed E-state index contributed by atoms with van der Waals surface area (Å²) in [5.74, 6) is -2.36. The third-order valence-electron chi connectivity index (χ3n) is 4.96. The van der Waals surface area contributed by atoms with Crippen LogP contribution in [0.4, 0.5) is 4.39 Å². The first kappa shape index (κ1) is 20.6. The highest BCUT2D eigenvalue weighted by atomic mass is 19.1. The lowest BCUT2D eigenvalue weighted by Crippen LogP contribution is -2.36. The van der Waals surface area contributed by atoms with E-state index in [1.165, 1.54) is 25.3 Å². The number of fused-ring (bicyclic) bond motifs is 1. The molecule has 0 spiro atoms. The Balaban J connectivity index is 2.29. The maximum atomic E-state index is 14.7. The molecule has 1 unspecified atom stereocenters. The van der Waals surface area contributed by atoms with Gasteiger partial charge in [0, 0.05) is 30.4 Å². The average Bonchev–Trinajstić information content (AvgIpc) is 2.66. The molecule has 2 aromatic rings. The normalized spacial score (nSPS) is 15.9. The van der Waals surface area contributed by atoms with Crippen LogP contribution in [0.3, 0.4) is 0 Å². The molecule has 2 N–H and O–H groups in total. The Kier molecular flexibility index (Phi) is 5.74. The lowest BCUT2D eigenvalue weighted by Gasteiger charge is -2.29. The minimum Gasteiger partial charge on any atom is -0.465 e. The molecule has 0 bridgehead atoms. The number of nitrogens with zero attached hydrogens (tertiary/aromatic N) is 2. The second-order valence-corrected chi connectivity index (χ2v) is 7.15. The van der Waals surface area contributed by atoms with E-state index in [1.54, 1.807) is 23.6 Å². The highest BCUT2D eigenvalue weighted by Gasteiger charge is 2.39. The highest BCUT2D eigenvalue weighted by Crippen LogP contribution is 2.41. The summed E-state index contributed by atoms with van der Waals surface area (Å²) in [7, 11) is 5.01. The van der Waals surface area contributed by atoms with Crippen molar-refractivity contribution in [1.82, 2.24) is 9.47 Å². The Morgan fingerprint density at radius 1 is 1.34 bits per heavy atom. The smallest absolute Gasteiger partial charge is 0.340 e. The molecule has 0 radical (unpaired) electrons. The van der Waals surface area contributed by atoms with Crippen molar-refractivity contribution >= 4 is 5.97 Å². The number of likely N-dealkylation sites (N-methyl/N-ethyl adjacent to an activating group) is 1. The first-order chi connectivity index (χ1) is 13.8. The van der Waals surface area contributed by atoms with Gasteiger partial charge in [-0.25, -0.2) is 9.18 Å². The van der Waals surface area contributed by atoms with Crippen molar-refractivity contribution in [3.8, 4) is 5.75 Å². The van der Waals surface area contributed by atoms with Gasteiger partial charge in [0.1, 0.15) is 17.1 Å². The van der Waals surface area contributed by atoms with Gasteiger partial charge in [0.2, 0.25) is 5.88 Å². The van der Waals surface area contributed by atoms with Crippen LogP contribution < -0.4 is 16.0 Å². The van der Waals surface area contributed by atoms with Crippen LogP contribution in [0.1, 0.15) is 22.7 Å². The predicted molar refractivity (Wildman–Crippen MR) is 106 cm³/mol. The molecular weight excluding hydrogens is 377 g/mol. The molecule has 2 heterocycles. The fourth-order valence-corrected chi connectivity index (χ4v) is 3.49. The van der Waals surface area contributed by atoms with Gasteiger partial charge in [-0.1, -0.05) is 18.2 Å². The van der Waals surface area contributed by atoms with E-state index in [0.717, 1.165) is 0 Å². The summed E-state index contributed by atoms with van der Waals surface area (Å²) in [6.45, 7) is 2.85. The number of aryl methyl sites for hydroxylation is 1. The molecule has 3 rings (SSSR count). The molecule has 1 atom stereocenters. The number of carbonyl (C=O) groups excluding carboxylic acids is 1. The summed E-state index contributed by atoms with van der Waals surface area (Å²) in [4.78, 5) is 27.9. The average molecular weight is 401 g/mol. The van der Waals surface area contributed by atoms with Crippen molar-refractivity contribution < 1.29 is 18.7 Å². The van der Waals surface area contributed by atoms with E-state index in [4.69, 9.17) is 15.2 Å². The van der Waals surface area contributed by atoms with E-state index in [2.05, 4.69) is 0 Å². The molecule has 1 aliphatic rings. The minimum absolute atomic E-state index is 0.0924. The van der Waals surface area contributed by atoms with E-state index in [9.17, 15) is 14.0 Å². The standard InChI is InChI=1S/C21H24FN3O4/c1-12-11-15-17(20(26)25(12)10-9-24(2)3)16(13-7-5-6-8-14(13)22)18(19(23)29-15)21(27)28-4/h5-8,11,16H,9-10,23H2,1-4H3. The lowest BCUT2D eigenvalue weighted by molar-refractivity contribution is -0.136. The molecule has 0 saturated heterocycles. The van der Waals surface area contributed by atoms with Crippen LogP contribution in [-0.4, -0.2) is 43.2 Å². The summed E-state index contributed by atoms with van der Waals surface area (Å²) < 4.78 is 26.8. The monoisotopic (exact) mass is 401 g/mol. The number of methoxy groups -OCH3 is 1. The van der Waals surface area contributed by atoms with E-state index in [-0.39, 0.29) is 33.9 Å². The summed E-state index contributed by atoms with van der Waals surface area (Å²) in [5, 5.41) is 0. The number of rotatable bonds is 5. The Bertz CT molecular complexity index is 1040. The summed E-state index contributed by atoms with van der Waals surface area (Å²) >= 11 is 0. The van der Waals surface area contributed by atoms with Crippen molar-refractivity contribution in [2.75, 3.05) is 27.7 Å². The maximum Gasteiger partial charge on any atom is 0.340 e. The SMILES string of the molecule is COC(=O)C1=C(N)Oc2cc(C)n(CCN(C)C)c(=O)c2C1c1ccccc1F. The molecular formula is C21H24FN3O4. The van der Waals surface area contributed by atoms with Gasteiger partial charge < -0.3 is 24.7 Å². The minimum atomic E-state index is -1.04. The fourth-order valence-electron chi connectivity index (χ4n) is 3.49. The zero-order valence-electron chi connectivity index (χ0n) is 16.9. The maximum absolute atomic E-state index is 14.7. The highest BCUT2D eigenvalue weighted by molar-refractivity contribution is 5.92. The summed E-state index contributed by atoms with van der Waals surface area (Å²) in [6.07, 6.45) is 0. The van der Waals surface area contributed by atoms with Crippen molar-refractivity contribution in [2.45, 2.75) is 19.4 Å². The second kappa shape index (κ2) is 8.08. The predicted octanol–water partition coefficient (Wildman–Crippen LogP) is 1.73. The first-order valence-corrected chi connectivity index (χ1v) is 9.15. The van der Waals surface area contributed by atoms with Gasteiger partial charge in [-0.3, -0.25) is 4.79 Å². The number of pyridine rings is 1. The molecule has 1 aromatic carbocycles. The van der Waals surface area contributed by atoms with E-state index in [1.807, 2.05) is 19.0 Å². The van der Waals surface area contributed by atoms with Crippen molar-refractivity contribution in [3.63, 3.8) is 0 Å². The van der Waals surface area contributed by atoms with E-state index in [0.29, 0.717) is 18.8 Å². The zero-order valence-corrected chi connectivity index (χ0v) is 16.9. The van der Waals surface area contributed by atoms with Crippen LogP contribution in [0.15, 0.2) is 46.6 Å². The number of nitrogens with two attached hydrogens (primary N) is 1. The molecule has 154 valence electrons. The first-order valence-electron chi connectivity index (χ1n) is 9.15. The number of hydrogen-bond donors (Lipinski definition) is 1. The molecule has 0 saturated carbocycles. The van der Waals surface area contributed by atoms with Crippen LogP contribution in [0.25, 0.3) is 0 Å². The topological polar surface area (TPSA) is 86.8 Å². The molecule has 29 heavy (non-hydrogen) atoms. The molecule has 0 fully saturated rings. The molecule has 0 amide bonds. The van der Waals surface area contributed by atoms with Crippen LogP contribution in [0.2, 0.25) is 0 Å². The van der Waals surface area contributed by atoms with Gasteiger partial charge in [0.05, 0.1) is 18.6 Å². The van der Waals surface area contributed by atoms with Gasteiger partial charge in [-0.15, -0.1) is 0 Å². The largest absolute Gasteiger partial charge is 0.465 e. The number of halogens is 1. The third kappa shape index (κ3) is 3.75. The zero-order chi connectivity index (χ0) is 21.3. The Morgan fingerprint density at radius 3 is 2.66 bits per heavy atom. The van der Waals surface area contributed by atoms with Gasteiger partial charge >= 0.3 is 5.97 Å². The summed E-state index contributed by atoms with van der Waals surface area (Å²) in [6, 6.07) is 7.65. The molecule has 1 aromatic heterocycles. The second-order valence-electron chi connectivity index (χ2n) is 7.15. The fraction of sp³-hybridized carbons (Fsp3) is 0.333. The molecule has 8 heteroatoms. The van der Waals surface area contributed by atoms with Crippen molar-refractivity contribution in [3.05, 3.63) is 74.8 Å². The van der Waals surface area contributed by atoms with Crippen LogP contribution in [-0.2, 0) is 16.1 Å². The van der Waals surface area contributed by atoms with Crippen LogP contribution in [0.5, 0.6) is 5.75 Å². The third-order valence-corrected chi connectivity index (χ3v) is 4.96. The molecule has 7 nitrogen and oxygen atoms in total. The Morgan fingerprint density at radius 2 is 2.03 bits per heavy atom. The number of aromatic nitrogens is 1. The Labute approximate surface area is 168 Å². The van der Waals surface area contributed by atoms with E-state index < -0.39 is 17.7 Å². The summed E-state index contributed by atoms with van der Waals surface area (Å²) in [5.41, 5.74) is 6.55. The number of esters is 1. The van der Waals surface area contributed by atoms with Crippen LogP contribution in [0, 0.1) is 12.7 Å². The lowest BCUT2D eigenvalue weighted by atomic mass is 9.83. The molecule has 1 aliphatic heterocycles. The molecule has 0 aliphatic carbocycles. The quantitative estimate of drug-likeness (QED) is 0.768. The Hall–Kier alpha value is -3.13. The van der Waals surface area contributed by atoms with Crippen LogP contribution >= 0.6 is 0 Å². The van der Waals surface area contributed by atoms with Gasteiger partial charge in [0.25, 0.3) is 5.56 Å². The van der Waals surface area contributed by atoms with Gasteiger partial charge in [-0.2, -0.15) is 0 Å². The number of ether oxygens (including phenoxy) is 2. The van der Waals surface area contributed by atoms with Gasteiger partial charge in [0.15, 0.2) is 0 Å². The van der Waals surface area contributed by atoms with Crippen molar-refractivity contribution in [1.29, 1.82) is 0 Å². The number of hydrogen-bond acceptors (Lipinski definition) is 6. The van der Waals surface area contributed by atoms with E-state index >= 15 is 0 Å².